The Hall–Kier alpha value is -3.54. The summed E-state index contributed by atoms with van der Waals surface area (Å²) in [6, 6.07) is 9.43. The average molecular weight is 638 g/mol. The van der Waals surface area contributed by atoms with E-state index in [4.69, 9.17) is 16.3 Å². The molecule has 0 saturated heterocycles. The fourth-order valence-corrected chi connectivity index (χ4v) is 8.46. The van der Waals surface area contributed by atoms with E-state index in [-0.39, 0.29) is 28.9 Å². The van der Waals surface area contributed by atoms with Gasteiger partial charge in [0, 0.05) is 25.7 Å². The predicted octanol–water partition coefficient (Wildman–Crippen LogP) is 5.42. The lowest BCUT2D eigenvalue weighted by atomic mass is 9.69. The van der Waals surface area contributed by atoms with Crippen LogP contribution in [0.1, 0.15) is 72.9 Å². The Kier molecular flexibility index (Phi) is 7.70. The Morgan fingerprint density at radius 3 is 2.73 bits per heavy atom. The highest BCUT2D eigenvalue weighted by Crippen LogP contribution is 2.45. The predicted molar refractivity (Wildman–Crippen MR) is 167 cm³/mol. The highest BCUT2D eigenvalue weighted by molar-refractivity contribution is 7.89. The molecule has 0 radical (unpaired) electrons. The number of fused-ring (bicyclic) bond motifs is 3. The first kappa shape index (κ1) is 30.5. The third-order valence-electron chi connectivity index (χ3n) is 9.22. The number of pyridine rings is 1. The molecule has 10 nitrogen and oxygen atoms in total. The maximum absolute atomic E-state index is 14.1. The number of aromatic nitrogens is 4. The summed E-state index contributed by atoms with van der Waals surface area (Å²) in [5.41, 5.74) is 6.08. The molecule has 2 atom stereocenters. The maximum atomic E-state index is 14.1. The van der Waals surface area contributed by atoms with Gasteiger partial charge < -0.3 is 9.84 Å². The molecule has 0 fully saturated rings. The van der Waals surface area contributed by atoms with E-state index >= 15 is 0 Å². The van der Waals surface area contributed by atoms with Gasteiger partial charge in [-0.25, -0.2) is 18.1 Å². The molecule has 2 aliphatic rings. The van der Waals surface area contributed by atoms with Gasteiger partial charge in [-0.15, -0.1) is 5.10 Å². The summed E-state index contributed by atoms with van der Waals surface area (Å²) in [6.45, 7) is 7.65. The highest BCUT2D eigenvalue weighted by Gasteiger charge is 2.41. The second-order valence-corrected chi connectivity index (χ2v) is 14.7. The van der Waals surface area contributed by atoms with E-state index in [1.807, 2.05) is 39.1 Å². The minimum atomic E-state index is -4.01. The Labute approximate surface area is 262 Å². The van der Waals surface area contributed by atoms with Gasteiger partial charge in [0.05, 0.1) is 22.5 Å². The Morgan fingerprint density at radius 2 is 2.00 bits per heavy atom. The second-order valence-electron chi connectivity index (χ2n) is 12.4. The van der Waals surface area contributed by atoms with Gasteiger partial charge in [-0.2, -0.15) is 4.31 Å². The van der Waals surface area contributed by atoms with Gasteiger partial charge >= 0.3 is 5.97 Å². The lowest BCUT2D eigenvalue weighted by Gasteiger charge is -2.33. The van der Waals surface area contributed by atoms with Crippen LogP contribution in [0.3, 0.4) is 0 Å². The molecule has 0 amide bonds. The van der Waals surface area contributed by atoms with Crippen molar-refractivity contribution in [3.63, 3.8) is 0 Å². The first-order chi connectivity index (χ1) is 20.8. The van der Waals surface area contributed by atoms with Gasteiger partial charge in [0.2, 0.25) is 15.9 Å². The van der Waals surface area contributed by atoms with Crippen LogP contribution in [0.2, 0.25) is 5.02 Å². The number of nitrogens with zero attached hydrogens (tertiary/aromatic N) is 5. The van der Waals surface area contributed by atoms with Crippen LogP contribution < -0.4 is 4.74 Å². The molecule has 2 aromatic heterocycles. The smallest absolute Gasteiger partial charge is 0.310 e. The molecule has 232 valence electrons. The number of hydrogen-bond acceptors (Lipinski definition) is 7. The largest absolute Gasteiger partial charge is 0.481 e. The number of benzene rings is 2. The number of aryl methyl sites for hydroxylation is 3. The van der Waals surface area contributed by atoms with Gasteiger partial charge in [0.25, 0.3) is 0 Å². The van der Waals surface area contributed by atoms with Crippen LogP contribution in [-0.2, 0) is 41.3 Å². The average Bonchev–Trinajstić information content (AvgIpc) is 3.58. The molecule has 2 aromatic carbocycles. The van der Waals surface area contributed by atoms with Crippen molar-refractivity contribution in [2.45, 2.75) is 76.8 Å². The van der Waals surface area contributed by atoms with Crippen LogP contribution in [-0.4, -0.2) is 56.4 Å². The number of carbonyl (C=O) groups is 1. The maximum Gasteiger partial charge on any atom is 0.310 e. The SMILES string of the molecule is CC[C@@H]1CN(Cc2cc(C(c3ccc4c(nnn4C)c3C)C(C)(C)C(=O)O)cc3c2CCC3)S(=O)(=O)c2cc(Cl)cnc2O1. The van der Waals surface area contributed by atoms with E-state index in [1.165, 1.54) is 16.6 Å². The molecule has 4 aromatic rings. The van der Waals surface area contributed by atoms with Crippen molar-refractivity contribution in [1.82, 2.24) is 24.3 Å². The molecule has 0 spiro atoms. The van der Waals surface area contributed by atoms with Crippen LogP contribution in [0.4, 0.5) is 0 Å². The van der Waals surface area contributed by atoms with E-state index in [2.05, 4.69) is 21.4 Å². The number of sulfonamides is 1. The molecule has 1 N–H and O–H groups in total. The third-order valence-corrected chi connectivity index (χ3v) is 11.2. The summed E-state index contributed by atoms with van der Waals surface area (Å²) >= 11 is 6.19. The molecule has 1 aliphatic heterocycles. The van der Waals surface area contributed by atoms with Crippen molar-refractivity contribution in [3.05, 3.63) is 74.9 Å². The standard InChI is InChI=1S/C32H36ClN5O5S/c1-6-23-17-38(44(41,42)27-14-22(33)15-34-30(27)43-23)16-21-13-20(12-19-8-7-9-25(19)21)28(32(3,4)31(39)40)24-10-11-26-29(18(24)2)35-36-37(26)5/h10-15,23,28H,6-9,16-17H2,1-5H3,(H,39,40)/t23-,28?/m1/s1. The number of rotatable bonds is 7. The van der Waals surface area contributed by atoms with Gasteiger partial charge in [0.1, 0.15) is 16.5 Å². The number of carboxylic acids is 1. The van der Waals surface area contributed by atoms with Gasteiger partial charge in [-0.1, -0.05) is 41.9 Å². The van der Waals surface area contributed by atoms with Gasteiger partial charge in [-0.05, 0) is 92.0 Å². The summed E-state index contributed by atoms with van der Waals surface area (Å²) in [6.07, 6.45) is 4.20. The fraction of sp³-hybridized carbons (Fsp3) is 0.438. The zero-order valence-corrected chi connectivity index (χ0v) is 27.0. The molecular weight excluding hydrogens is 602 g/mol. The minimum absolute atomic E-state index is 0.0495. The Bertz CT molecular complexity index is 1900. The number of halogens is 1. The number of carboxylic acid groups (broad SMARTS) is 1. The van der Waals surface area contributed by atoms with E-state index in [0.29, 0.717) is 6.42 Å². The third kappa shape index (κ3) is 5.04. The number of hydrogen-bond donors (Lipinski definition) is 1. The van der Waals surface area contributed by atoms with E-state index < -0.39 is 33.4 Å². The van der Waals surface area contributed by atoms with E-state index in [0.717, 1.165) is 63.7 Å². The van der Waals surface area contributed by atoms with Gasteiger partial charge in [-0.3, -0.25) is 4.79 Å². The van der Waals surface area contributed by atoms with Crippen molar-refractivity contribution in [2.75, 3.05) is 6.54 Å². The molecular formula is C32H36ClN5O5S. The van der Waals surface area contributed by atoms with Crippen LogP contribution >= 0.6 is 11.6 Å². The summed E-state index contributed by atoms with van der Waals surface area (Å²) in [4.78, 5) is 17.0. The van der Waals surface area contributed by atoms with Crippen LogP contribution in [0.25, 0.3) is 11.0 Å². The van der Waals surface area contributed by atoms with Crippen LogP contribution in [0.5, 0.6) is 5.88 Å². The van der Waals surface area contributed by atoms with Crippen molar-refractivity contribution in [1.29, 1.82) is 0 Å². The molecule has 12 heteroatoms. The molecule has 1 aliphatic carbocycles. The Morgan fingerprint density at radius 1 is 1.23 bits per heavy atom. The molecule has 0 saturated carbocycles. The summed E-state index contributed by atoms with van der Waals surface area (Å²) in [5, 5.41) is 19.2. The minimum Gasteiger partial charge on any atom is -0.481 e. The molecule has 1 unspecified atom stereocenters. The monoisotopic (exact) mass is 637 g/mol. The van der Waals surface area contributed by atoms with E-state index in [9.17, 15) is 18.3 Å². The summed E-state index contributed by atoms with van der Waals surface area (Å²) in [5.74, 6) is -1.41. The van der Waals surface area contributed by atoms with Gasteiger partial charge in [0.15, 0.2) is 0 Å². The summed E-state index contributed by atoms with van der Waals surface area (Å²) < 4.78 is 37.3. The van der Waals surface area contributed by atoms with E-state index in [1.54, 1.807) is 18.5 Å². The van der Waals surface area contributed by atoms with Crippen LogP contribution in [0, 0.1) is 12.3 Å². The van der Waals surface area contributed by atoms with Crippen molar-refractivity contribution in [3.8, 4) is 5.88 Å². The van der Waals surface area contributed by atoms with Crippen molar-refractivity contribution < 1.29 is 23.1 Å². The molecule has 44 heavy (non-hydrogen) atoms. The fourth-order valence-electron chi connectivity index (χ4n) is 6.69. The molecule has 6 rings (SSSR count). The number of aliphatic carboxylic acids is 1. The second kappa shape index (κ2) is 11.1. The molecule has 3 heterocycles. The quantitative estimate of drug-likeness (QED) is 0.285. The lowest BCUT2D eigenvalue weighted by molar-refractivity contribution is -0.147. The topological polar surface area (TPSA) is 128 Å². The molecule has 0 bridgehead atoms. The normalized spacial score (nSPS) is 18.8. The number of ether oxygens (including phenoxy) is 1. The summed E-state index contributed by atoms with van der Waals surface area (Å²) in [7, 11) is -2.18. The Balaban J connectivity index is 1.51. The first-order valence-corrected chi connectivity index (χ1v) is 16.6. The van der Waals surface area contributed by atoms with Crippen molar-refractivity contribution in [2.24, 2.45) is 12.5 Å². The van der Waals surface area contributed by atoms with Crippen molar-refractivity contribution >= 4 is 38.6 Å². The lowest BCUT2D eigenvalue weighted by Crippen LogP contribution is -2.37. The highest BCUT2D eigenvalue weighted by atomic mass is 35.5. The zero-order chi connectivity index (χ0) is 31.6. The zero-order valence-electron chi connectivity index (χ0n) is 25.5. The van der Waals surface area contributed by atoms with Crippen LogP contribution in [0.15, 0.2) is 41.4 Å². The first-order valence-electron chi connectivity index (χ1n) is 14.8.